The van der Waals surface area contributed by atoms with Gasteiger partial charge in [0.05, 0.1) is 0 Å². The summed E-state index contributed by atoms with van der Waals surface area (Å²) in [5.41, 5.74) is 1.87. The van der Waals surface area contributed by atoms with Gasteiger partial charge in [0, 0.05) is 43.5 Å². The summed E-state index contributed by atoms with van der Waals surface area (Å²) < 4.78 is 1.14. The van der Waals surface area contributed by atoms with Crippen LogP contribution in [0.4, 0.5) is 11.6 Å². The third-order valence-electron chi connectivity index (χ3n) is 4.55. The highest BCUT2D eigenvalue weighted by Gasteiger charge is 2.16. The second-order valence-electron chi connectivity index (χ2n) is 6.45. The molecule has 10 heteroatoms. The zero-order valence-electron chi connectivity index (χ0n) is 15.2. The fraction of sp³-hybridized carbons (Fsp3) is 0.471. The van der Waals surface area contributed by atoms with Crippen LogP contribution < -0.4 is 5.32 Å². The van der Waals surface area contributed by atoms with E-state index in [2.05, 4.69) is 32.1 Å². The van der Waals surface area contributed by atoms with Gasteiger partial charge in [-0.15, -0.1) is 0 Å². The van der Waals surface area contributed by atoms with Crippen LogP contribution in [-0.4, -0.2) is 68.1 Å². The van der Waals surface area contributed by atoms with Crippen LogP contribution in [0.1, 0.15) is 12.5 Å². The van der Waals surface area contributed by atoms with E-state index in [1.54, 1.807) is 0 Å². The molecule has 2 heterocycles. The first-order valence-corrected chi connectivity index (χ1v) is 8.91. The summed E-state index contributed by atoms with van der Waals surface area (Å²) in [5.74, 6) is -0.842. The van der Waals surface area contributed by atoms with Crippen LogP contribution in [0.15, 0.2) is 30.6 Å². The SMILES string of the molecule is CCN1CCN(Cc2ccc(NC(=O)Cn3cnc([N+](=O)[O-])n3)cc2)CC1. The van der Waals surface area contributed by atoms with Gasteiger partial charge in [0.25, 0.3) is 0 Å². The van der Waals surface area contributed by atoms with Crippen molar-refractivity contribution >= 4 is 17.5 Å². The fourth-order valence-electron chi connectivity index (χ4n) is 3.01. The highest BCUT2D eigenvalue weighted by molar-refractivity contribution is 5.90. The molecule has 144 valence electrons. The number of carbonyl (C=O) groups is 1. The van der Waals surface area contributed by atoms with Crippen molar-refractivity contribution in [3.05, 3.63) is 46.3 Å². The van der Waals surface area contributed by atoms with Gasteiger partial charge in [0.1, 0.15) is 6.54 Å². The van der Waals surface area contributed by atoms with Gasteiger partial charge < -0.3 is 20.3 Å². The molecule has 1 aliphatic rings. The zero-order valence-corrected chi connectivity index (χ0v) is 15.2. The maximum Gasteiger partial charge on any atom is 0.490 e. The first kappa shape index (κ1) is 18.9. The second kappa shape index (κ2) is 8.69. The molecular formula is C17H23N7O3. The molecule has 1 aromatic carbocycles. The number of nitrogens with one attached hydrogen (secondary N) is 1. The van der Waals surface area contributed by atoms with E-state index in [4.69, 9.17) is 0 Å². The van der Waals surface area contributed by atoms with Crippen molar-refractivity contribution < 1.29 is 9.72 Å². The minimum atomic E-state index is -0.699. The van der Waals surface area contributed by atoms with E-state index in [9.17, 15) is 14.9 Å². The largest absolute Gasteiger partial charge is 0.490 e. The molecular weight excluding hydrogens is 350 g/mol. The van der Waals surface area contributed by atoms with Gasteiger partial charge in [-0.05, 0) is 29.2 Å². The van der Waals surface area contributed by atoms with E-state index in [-0.39, 0.29) is 12.5 Å². The topological polar surface area (TPSA) is 109 Å². The Balaban J connectivity index is 1.48. The summed E-state index contributed by atoms with van der Waals surface area (Å²) in [6.45, 7) is 8.39. The van der Waals surface area contributed by atoms with Crippen molar-refractivity contribution in [3.63, 3.8) is 0 Å². The molecule has 0 aliphatic carbocycles. The van der Waals surface area contributed by atoms with Gasteiger partial charge in [0.15, 0.2) is 0 Å². The molecule has 0 saturated carbocycles. The normalized spacial score (nSPS) is 15.6. The van der Waals surface area contributed by atoms with Gasteiger partial charge in [-0.3, -0.25) is 9.69 Å². The predicted molar refractivity (Wildman–Crippen MR) is 99.1 cm³/mol. The molecule has 27 heavy (non-hydrogen) atoms. The molecule has 1 fully saturated rings. The molecule has 0 atom stereocenters. The number of likely N-dealkylation sites (N-methyl/N-ethyl adjacent to an activating group) is 1. The van der Waals surface area contributed by atoms with Crippen molar-refractivity contribution in [2.24, 2.45) is 0 Å². The number of anilines is 1. The van der Waals surface area contributed by atoms with Crippen LogP contribution in [0, 0.1) is 10.1 Å². The lowest BCUT2D eigenvalue weighted by Gasteiger charge is -2.34. The molecule has 1 aliphatic heterocycles. The number of nitrogens with zero attached hydrogens (tertiary/aromatic N) is 6. The summed E-state index contributed by atoms with van der Waals surface area (Å²) in [7, 11) is 0. The van der Waals surface area contributed by atoms with Crippen LogP contribution in [0.3, 0.4) is 0 Å². The Morgan fingerprint density at radius 3 is 2.44 bits per heavy atom. The van der Waals surface area contributed by atoms with E-state index in [0.29, 0.717) is 5.69 Å². The minimum absolute atomic E-state index is 0.135. The molecule has 1 N–H and O–H groups in total. The molecule has 0 radical (unpaired) electrons. The Labute approximate surface area is 156 Å². The number of rotatable bonds is 7. The summed E-state index contributed by atoms with van der Waals surface area (Å²) in [6, 6.07) is 7.73. The van der Waals surface area contributed by atoms with E-state index in [1.165, 1.54) is 11.9 Å². The molecule has 3 rings (SSSR count). The van der Waals surface area contributed by atoms with E-state index >= 15 is 0 Å². The molecule has 1 saturated heterocycles. The van der Waals surface area contributed by atoms with Gasteiger partial charge >= 0.3 is 5.95 Å². The number of piperazine rings is 1. The Kier molecular flexibility index (Phi) is 6.09. The van der Waals surface area contributed by atoms with Crippen LogP contribution in [0.5, 0.6) is 0 Å². The number of hydrogen-bond donors (Lipinski definition) is 1. The smallest absolute Gasteiger partial charge is 0.390 e. The first-order chi connectivity index (χ1) is 13.0. The van der Waals surface area contributed by atoms with Gasteiger partial charge in [-0.25, -0.2) is 0 Å². The van der Waals surface area contributed by atoms with Gasteiger partial charge in [0.2, 0.25) is 12.2 Å². The second-order valence-corrected chi connectivity index (χ2v) is 6.45. The van der Waals surface area contributed by atoms with Crippen LogP contribution in [0.25, 0.3) is 0 Å². The Morgan fingerprint density at radius 2 is 1.85 bits per heavy atom. The average molecular weight is 373 g/mol. The van der Waals surface area contributed by atoms with Crippen LogP contribution in [-0.2, 0) is 17.9 Å². The van der Waals surface area contributed by atoms with Crippen molar-refractivity contribution in [1.29, 1.82) is 0 Å². The highest BCUT2D eigenvalue weighted by Crippen LogP contribution is 2.13. The Hall–Kier alpha value is -2.85. The number of amides is 1. The summed E-state index contributed by atoms with van der Waals surface area (Å²) in [6.07, 6.45) is 1.17. The standard InChI is InChI=1S/C17H23N7O3/c1-2-21-7-9-22(10-8-21)11-14-3-5-15(6-4-14)19-16(25)12-23-13-18-17(20-23)24(26)27/h3-6,13H,2,7-12H2,1H3,(H,19,25). The summed E-state index contributed by atoms with van der Waals surface area (Å²) >= 11 is 0. The molecule has 0 spiro atoms. The average Bonchev–Trinajstić information content (AvgIpc) is 3.12. The third kappa shape index (κ3) is 5.31. The number of nitro groups is 1. The van der Waals surface area contributed by atoms with Crippen LogP contribution >= 0.6 is 0 Å². The quantitative estimate of drug-likeness (QED) is 0.569. The van der Waals surface area contributed by atoms with E-state index < -0.39 is 10.9 Å². The molecule has 0 unspecified atom stereocenters. The number of aromatic nitrogens is 3. The Morgan fingerprint density at radius 1 is 1.19 bits per heavy atom. The van der Waals surface area contributed by atoms with Crippen molar-refractivity contribution in [1.82, 2.24) is 24.6 Å². The Bertz CT molecular complexity index is 782. The highest BCUT2D eigenvalue weighted by atomic mass is 16.6. The summed E-state index contributed by atoms with van der Waals surface area (Å²) in [4.78, 5) is 30.3. The minimum Gasteiger partial charge on any atom is -0.390 e. The molecule has 1 amide bonds. The molecule has 0 bridgehead atoms. The van der Waals surface area contributed by atoms with Gasteiger partial charge in [-0.2, -0.15) is 4.68 Å². The lowest BCUT2D eigenvalue weighted by Crippen LogP contribution is -2.45. The predicted octanol–water partition coefficient (Wildman–Crippen LogP) is 0.962. The maximum atomic E-state index is 12.0. The zero-order chi connectivity index (χ0) is 19.2. The van der Waals surface area contributed by atoms with E-state index in [1.807, 2.05) is 24.3 Å². The lowest BCUT2D eigenvalue weighted by atomic mass is 10.1. The lowest BCUT2D eigenvalue weighted by molar-refractivity contribution is -0.394. The molecule has 2 aromatic rings. The van der Waals surface area contributed by atoms with Crippen LogP contribution in [0.2, 0.25) is 0 Å². The fourth-order valence-corrected chi connectivity index (χ4v) is 3.01. The number of hydrogen-bond acceptors (Lipinski definition) is 7. The van der Waals surface area contributed by atoms with E-state index in [0.717, 1.165) is 44.0 Å². The van der Waals surface area contributed by atoms with Gasteiger partial charge in [-0.1, -0.05) is 24.0 Å². The molecule has 1 aromatic heterocycles. The monoisotopic (exact) mass is 373 g/mol. The number of carbonyl (C=O) groups excluding carboxylic acids is 1. The van der Waals surface area contributed by atoms with Crippen molar-refractivity contribution in [2.75, 3.05) is 38.0 Å². The molecule has 10 nitrogen and oxygen atoms in total. The number of benzene rings is 1. The third-order valence-corrected chi connectivity index (χ3v) is 4.55. The van der Waals surface area contributed by atoms with Crippen molar-refractivity contribution in [3.8, 4) is 0 Å². The maximum absolute atomic E-state index is 12.0. The first-order valence-electron chi connectivity index (χ1n) is 8.91. The summed E-state index contributed by atoms with van der Waals surface area (Å²) in [5, 5.41) is 16.9. The van der Waals surface area contributed by atoms with Crippen molar-refractivity contribution in [2.45, 2.75) is 20.0 Å².